The molecule has 1 saturated heterocycles. The third kappa shape index (κ3) is 3.52. The number of hydrogen-bond donors (Lipinski definition) is 0. The minimum atomic E-state index is 0.953. The Labute approximate surface area is 136 Å². The van der Waals surface area contributed by atoms with Crippen molar-refractivity contribution in [3.63, 3.8) is 0 Å². The molecule has 0 aliphatic carbocycles. The fourth-order valence-corrected chi connectivity index (χ4v) is 3.97. The van der Waals surface area contributed by atoms with Crippen LogP contribution in [0.2, 0.25) is 0 Å². The van der Waals surface area contributed by atoms with Crippen molar-refractivity contribution in [3.8, 4) is 5.69 Å². The van der Waals surface area contributed by atoms with Crippen molar-refractivity contribution in [3.05, 3.63) is 35.7 Å². The summed E-state index contributed by atoms with van der Waals surface area (Å²) in [6.07, 6.45) is 4.09. The number of para-hydroxylation sites is 1. The van der Waals surface area contributed by atoms with Crippen LogP contribution in [0.3, 0.4) is 0 Å². The van der Waals surface area contributed by atoms with E-state index in [4.69, 9.17) is 0 Å². The van der Waals surface area contributed by atoms with Crippen LogP contribution in [0.5, 0.6) is 0 Å². The molecule has 118 valence electrons. The molecule has 3 rings (SSSR count). The van der Waals surface area contributed by atoms with Gasteiger partial charge in [-0.3, -0.25) is 4.57 Å². The van der Waals surface area contributed by atoms with Gasteiger partial charge in [0.05, 0.1) is 5.69 Å². The predicted octanol–water partition coefficient (Wildman–Crippen LogP) is 3.46. The zero-order chi connectivity index (χ0) is 15.4. The number of likely N-dealkylation sites (tertiary alicyclic amines) is 1. The van der Waals surface area contributed by atoms with E-state index >= 15 is 0 Å². The lowest BCUT2D eigenvalue weighted by atomic mass is 10.1. The largest absolute Gasteiger partial charge is 0.303 e. The Balaban J connectivity index is 1.68. The highest BCUT2D eigenvalue weighted by atomic mass is 32.2. The van der Waals surface area contributed by atoms with Crippen LogP contribution < -0.4 is 0 Å². The maximum absolute atomic E-state index is 4.37. The Morgan fingerprint density at radius 1 is 1.05 bits per heavy atom. The molecule has 0 amide bonds. The lowest BCUT2D eigenvalue weighted by molar-refractivity contribution is 0.242. The zero-order valence-corrected chi connectivity index (χ0v) is 14.3. The molecule has 2 aromatic rings. The Kier molecular flexibility index (Phi) is 5.16. The van der Waals surface area contributed by atoms with E-state index < -0.39 is 0 Å². The number of nitrogens with zero attached hydrogens (tertiary/aromatic N) is 4. The van der Waals surface area contributed by atoms with Crippen molar-refractivity contribution >= 4 is 11.8 Å². The van der Waals surface area contributed by atoms with Crippen molar-refractivity contribution < 1.29 is 0 Å². The Bertz CT molecular complexity index is 617. The normalized spacial score (nSPS) is 16.1. The summed E-state index contributed by atoms with van der Waals surface area (Å²) in [6, 6.07) is 8.42. The van der Waals surface area contributed by atoms with Crippen LogP contribution in [0.25, 0.3) is 5.69 Å². The van der Waals surface area contributed by atoms with Crippen molar-refractivity contribution in [2.75, 3.05) is 25.4 Å². The Morgan fingerprint density at radius 2 is 1.82 bits per heavy atom. The van der Waals surface area contributed by atoms with E-state index in [0.717, 1.165) is 23.3 Å². The van der Waals surface area contributed by atoms with E-state index in [1.54, 1.807) is 0 Å². The van der Waals surface area contributed by atoms with Crippen LogP contribution in [0.4, 0.5) is 0 Å². The molecule has 0 N–H and O–H groups in total. The summed E-state index contributed by atoms with van der Waals surface area (Å²) in [6.45, 7) is 7.81. The van der Waals surface area contributed by atoms with E-state index in [0.29, 0.717) is 0 Å². The van der Waals surface area contributed by atoms with Crippen molar-refractivity contribution in [1.29, 1.82) is 0 Å². The van der Waals surface area contributed by atoms with E-state index in [2.05, 4.69) is 50.9 Å². The van der Waals surface area contributed by atoms with E-state index in [9.17, 15) is 0 Å². The molecule has 0 spiro atoms. The second-order valence-corrected chi connectivity index (χ2v) is 6.96. The molecule has 0 radical (unpaired) electrons. The molecule has 1 aliphatic heterocycles. The van der Waals surface area contributed by atoms with Crippen molar-refractivity contribution in [2.45, 2.75) is 38.3 Å². The smallest absolute Gasteiger partial charge is 0.195 e. The standard InChI is InChI=1S/C17H24N4S/c1-14-8-4-5-9-16(14)21-15(2)18-19-17(21)22-13-12-20-10-6-3-7-11-20/h4-5,8-9H,3,6-7,10-13H2,1-2H3. The first-order valence-corrected chi connectivity index (χ1v) is 9.07. The van der Waals surface area contributed by atoms with Gasteiger partial charge in [0, 0.05) is 12.3 Å². The van der Waals surface area contributed by atoms with Crippen LogP contribution >= 0.6 is 11.8 Å². The number of piperidine rings is 1. The number of thioether (sulfide) groups is 1. The zero-order valence-electron chi connectivity index (χ0n) is 13.5. The first kappa shape index (κ1) is 15.6. The van der Waals surface area contributed by atoms with Crippen molar-refractivity contribution in [1.82, 2.24) is 19.7 Å². The Hall–Kier alpha value is -1.33. The van der Waals surface area contributed by atoms with E-state index in [1.807, 2.05) is 18.7 Å². The fourth-order valence-electron chi connectivity index (χ4n) is 2.98. The lowest BCUT2D eigenvalue weighted by Crippen LogP contribution is -2.31. The van der Waals surface area contributed by atoms with Crippen LogP contribution in [0.1, 0.15) is 30.7 Å². The number of hydrogen-bond acceptors (Lipinski definition) is 4. The van der Waals surface area contributed by atoms with E-state index in [-0.39, 0.29) is 0 Å². The maximum atomic E-state index is 4.37. The third-order valence-corrected chi connectivity index (χ3v) is 5.15. The lowest BCUT2D eigenvalue weighted by Gasteiger charge is -2.25. The maximum Gasteiger partial charge on any atom is 0.195 e. The van der Waals surface area contributed by atoms with Gasteiger partial charge >= 0.3 is 0 Å². The van der Waals surface area contributed by atoms with Crippen LogP contribution in [-0.4, -0.2) is 45.1 Å². The van der Waals surface area contributed by atoms with Crippen molar-refractivity contribution in [2.24, 2.45) is 0 Å². The molecule has 0 saturated carbocycles. The summed E-state index contributed by atoms with van der Waals surface area (Å²) in [5, 5.41) is 9.65. The average Bonchev–Trinajstić information content (AvgIpc) is 2.90. The minimum absolute atomic E-state index is 0.953. The van der Waals surface area contributed by atoms with Gasteiger partial charge in [-0.2, -0.15) is 0 Å². The number of aryl methyl sites for hydroxylation is 2. The van der Waals surface area contributed by atoms with Gasteiger partial charge in [0.15, 0.2) is 5.16 Å². The molecule has 4 nitrogen and oxygen atoms in total. The number of aromatic nitrogens is 3. The SMILES string of the molecule is Cc1ccccc1-n1c(C)nnc1SCCN1CCCCC1. The second kappa shape index (κ2) is 7.29. The molecule has 0 bridgehead atoms. The second-order valence-electron chi connectivity index (χ2n) is 5.90. The van der Waals surface area contributed by atoms with Gasteiger partial charge in [0.1, 0.15) is 5.82 Å². The van der Waals surface area contributed by atoms with E-state index in [1.165, 1.54) is 43.6 Å². The summed E-state index contributed by atoms with van der Waals surface area (Å²) in [5.41, 5.74) is 2.44. The number of benzene rings is 1. The van der Waals surface area contributed by atoms with Gasteiger partial charge in [-0.05, 0) is 51.4 Å². The molecule has 5 heteroatoms. The number of rotatable bonds is 5. The monoisotopic (exact) mass is 316 g/mol. The molecule has 22 heavy (non-hydrogen) atoms. The molecular weight excluding hydrogens is 292 g/mol. The highest BCUT2D eigenvalue weighted by molar-refractivity contribution is 7.99. The van der Waals surface area contributed by atoms with Gasteiger partial charge in [0.25, 0.3) is 0 Å². The molecule has 1 aromatic heterocycles. The van der Waals surface area contributed by atoms with Gasteiger partial charge in [0.2, 0.25) is 0 Å². The van der Waals surface area contributed by atoms with Gasteiger partial charge in [-0.15, -0.1) is 10.2 Å². The molecule has 1 aliphatic rings. The molecule has 0 unspecified atom stereocenters. The molecule has 1 aromatic carbocycles. The fraction of sp³-hybridized carbons (Fsp3) is 0.529. The molecular formula is C17H24N4S. The topological polar surface area (TPSA) is 34.0 Å². The van der Waals surface area contributed by atoms with Crippen LogP contribution in [0, 0.1) is 13.8 Å². The van der Waals surface area contributed by atoms with Crippen LogP contribution in [0.15, 0.2) is 29.4 Å². The third-order valence-electron chi connectivity index (χ3n) is 4.24. The average molecular weight is 316 g/mol. The Morgan fingerprint density at radius 3 is 2.59 bits per heavy atom. The summed E-state index contributed by atoms with van der Waals surface area (Å²) < 4.78 is 2.18. The van der Waals surface area contributed by atoms with Gasteiger partial charge in [-0.1, -0.05) is 36.4 Å². The van der Waals surface area contributed by atoms with Gasteiger partial charge in [-0.25, -0.2) is 0 Å². The van der Waals surface area contributed by atoms with Crippen LogP contribution in [-0.2, 0) is 0 Å². The first-order valence-electron chi connectivity index (χ1n) is 8.09. The summed E-state index contributed by atoms with van der Waals surface area (Å²) in [7, 11) is 0. The highest BCUT2D eigenvalue weighted by Crippen LogP contribution is 2.24. The molecule has 1 fully saturated rings. The first-order chi connectivity index (χ1) is 10.8. The minimum Gasteiger partial charge on any atom is -0.303 e. The molecule has 2 heterocycles. The molecule has 0 atom stereocenters. The highest BCUT2D eigenvalue weighted by Gasteiger charge is 2.14. The quantitative estimate of drug-likeness (QED) is 0.791. The summed E-state index contributed by atoms with van der Waals surface area (Å²) in [4.78, 5) is 2.57. The summed E-state index contributed by atoms with van der Waals surface area (Å²) in [5.74, 6) is 2.03. The summed E-state index contributed by atoms with van der Waals surface area (Å²) >= 11 is 1.81. The predicted molar refractivity (Wildman–Crippen MR) is 91.8 cm³/mol. The van der Waals surface area contributed by atoms with Gasteiger partial charge < -0.3 is 4.90 Å².